The summed E-state index contributed by atoms with van der Waals surface area (Å²) in [5, 5.41) is 2.32. The fourth-order valence-corrected chi connectivity index (χ4v) is 7.46. The molecule has 0 amide bonds. The van der Waals surface area contributed by atoms with Gasteiger partial charge < -0.3 is 23.1 Å². The lowest BCUT2D eigenvalue weighted by Crippen LogP contribution is -2.35. The molecule has 2 aliphatic rings. The molecular formula is C39H38O5Si. The minimum absolute atomic E-state index is 0.179. The van der Waals surface area contributed by atoms with Crippen molar-refractivity contribution in [2.24, 2.45) is 0 Å². The summed E-state index contributed by atoms with van der Waals surface area (Å²) in [5.74, 6) is 2.49. The highest BCUT2D eigenvalue weighted by Crippen LogP contribution is 2.58. The lowest BCUT2D eigenvalue weighted by atomic mass is 9.77. The summed E-state index contributed by atoms with van der Waals surface area (Å²) in [7, 11) is 0.758. The van der Waals surface area contributed by atoms with Crippen molar-refractivity contribution in [3.63, 3.8) is 0 Å². The van der Waals surface area contributed by atoms with Crippen molar-refractivity contribution in [1.82, 2.24) is 0 Å². The second-order valence-corrected chi connectivity index (χ2v) is 13.1. The van der Waals surface area contributed by atoms with E-state index in [4.69, 9.17) is 23.1 Å². The van der Waals surface area contributed by atoms with Gasteiger partial charge in [-0.25, -0.2) is 0 Å². The number of methoxy groups -OCH3 is 1. The first-order valence-electron chi connectivity index (χ1n) is 15.6. The van der Waals surface area contributed by atoms with Crippen LogP contribution in [0.2, 0.25) is 0 Å². The highest BCUT2D eigenvalue weighted by atomic mass is 28.3. The monoisotopic (exact) mass is 614 g/mol. The molecule has 6 heteroatoms. The van der Waals surface area contributed by atoms with Gasteiger partial charge in [0, 0.05) is 34.1 Å². The zero-order valence-electron chi connectivity index (χ0n) is 26.3. The summed E-state index contributed by atoms with van der Waals surface area (Å²) in [6, 6.07) is 33.8. The van der Waals surface area contributed by atoms with Crippen molar-refractivity contribution < 1.29 is 23.1 Å². The van der Waals surface area contributed by atoms with Crippen LogP contribution < -0.4 is 14.2 Å². The molecule has 0 spiro atoms. The Kier molecular flexibility index (Phi) is 7.74. The first-order chi connectivity index (χ1) is 22.0. The highest BCUT2D eigenvalue weighted by Gasteiger charge is 2.44. The summed E-state index contributed by atoms with van der Waals surface area (Å²) in [5.41, 5.74) is 7.40. The first-order valence-corrected chi connectivity index (χ1v) is 16.7. The van der Waals surface area contributed by atoms with Crippen molar-refractivity contribution in [1.29, 1.82) is 0 Å². The molecule has 45 heavy (non-hydrogen) atoms. The van der Waals surface area contributed by atoms with Gasteiger partial charge in [-0.15, -0.1) is 0 Å². The van der Waals surface area contributed by atoms with Crippen LogP contribution in [0.25, 0.3) is 28.0 Å². The fraction of sp³-hybridized carbons (Fsp3) is 0.231. The van der Waals surface area contributed by atoms with E-state index in [1.165, 1.54) is 27.6 Å². The van der Waals surface area contributed by atoms with Crippen LogP contribution in [0.4, 0.5) is 0 Å². The molecule has 1 atom stereocenters. The largest absolute Gasteiger partial charge is 0.497 e. The Morgan fingerprint density at radius 2 is 1.40 bits per heavy atom. The summed E-state index contributed by atoms with van der Waals surface area (Å²) in [4.78, 5) is 0. The highest BCUT2D eigenvalue weighted by molar-refractivity contribution is 6.17. The maximum atomic E-state index is 7.37. The molecule has 0 fully saturated rings. The van der Waals surface area contributed by atoms with Crippen molar-refractivity contribution in [2.75, 3.05) is 26.9 Å². The predicted octanol–water partition coefficient (Wildman–Crippen LogP) is 7.93. The lowest BCUT2D eigenvalue weighted by Gasteiger charge is -2.38. The number of ether oxygens (including phenoxy) is 3. The van der Waals surface area contributed by atoms with E-state index >= 15 is 0 Å². The van der Waals surface area contributed by atoms with Gasteiger partial charge in [-0.1, -0.05) is 92.7 Å². The molecule has 1 aliphatic carbocycles. The van der Waals surface area contributed by atoms with E-state index in [1.807, 2.05) is 31.2 Å². The van der Waals surface area contributed by atoms with E-state index in [2.05, 4.69) is 98.8 Å². The van der Waals surface area contributed by atoms with Gasteiger partial charge in [0.2, 0.25) is 0 Å². The molecule has 1 heterocycles. The van der Waals surface area contributed by atoms with Crippen molar-refractivity contribution >= 4 is 26.9 Å². The molecule has 5 aromatic carbocycles. The van der Waals surface area contributed by atoms with Crippen LogP contribution >= 0.6 is 0 Å². The summed E-state index contributed by atoms with van der Waals surface area (Å²) < 4.78 is 29.8. The molecule has 0 radical (unpaired) electrons. The van der Waals surface area contributed by atoms with Crippen LogP contribution in [0.3, 0.4) is 0 Å². The predicted molar refractivity (Wildman–Crippen MR) is 183 cm³/mol. The molecule has 7 rings (SSSR count). The van der Waals surface area contributed by atoms with Gasteiger partial charge >= 0.3 is 10.0 Å². The smallest absolute Gasteiger partial charge is 0.304 e. The van der Waals surface area contributed by atoms with Crippen LogP contribution in [-0.4, -0.2) is 36.9 Å². The Hall–Kier alpha value is -4.36. The molecule has 0 aromatic heterocycles. The number of hydrogen-bond donors (Lipinski definition) is 0. The van der Waals surface area contributed by atoms with E-state index in [0.29, 0.717) is 19.8 Å². The third kappa shape index (κ3) is 4.94. The second-order valence-electron chi connectivity index (χ2n) is 12.0. The Bertz CT molecular complexity index is 1880. The van der Waals surface area contributed by atoms with E-state index in [1.54, 1.807) is 7.11 Å². The third-order valence-corrected chi connectivity index (χ3v) is 10.1. The van der Waals surface area contributed by atoms with Crippen LogP contribution in [0.5, 0.6) is 17.2 Å². The molecular weight excluding hydrogens is 577 g/mol. The molecule has 0 saturated carbocycles. The molecule has 1 unspecified atom stereocenters. The van der Waals surface area contributed by atoms with Gasteiger partial charge in [-0.05, 0) is 64.9 Å². The normalized spacial score (nSPS) is 17.6. The molecule has 0 N–H and O–H groups in total. The average Bonchev–Trinajstić information content (AvgIpc) is 3.33. The zero-order chi connectivity index (χ0) is 31.0. The minimum atomic E-state index is -0.929. The lowest BCUT2D eigenvalue weighted by molar-refractivity contribution is 0.162. The van der Waals surface area contributed by atoms with E-state index < -0.39 is 15.6 Å². The fourth-order valence-electron chi connectivity index (χ4n) is 6.94. The average molecular weight is 615 g/mol. The Morgan fingerprint density at radius 3 is 2.11 bits per heavy atom. The Labute approximate surface area is 267 Å². The SMILES string of the molecule is CCO[SiH2]OCCOc1ccc(C2(c3ccc(OC)cc3)C=Cc3c4c(c5ccccc5c3O2)-c2ccccc2C4(C)C)cc1. The van der Waals surface area contributed by atoms with E-state index in [0.717, 1.165) is 39.3 Å². The summed E-state index contributed by atoms with van der Waals surface area (Å²) in [6.45, 7) is 8.32. The van der Waals surface area contributed by atoms with Gasteiger partial charge in [-0.3, -0.25) is 0 Å². The molecule has 228 valence electrons. The number of benzene rings is 5. The maximum Gasteiger partial charge on any atom is 0.304 e. The first kappa shape index (κ1) is 29.4. The second kappa shape index (κ2) is 11.9. The molecule has 0 bridgehead atoms. The number of hydrogen-bond acceptors (Lipinski definition) is 5. The van der Waals surface area contributed by atoms with E-state index in [-0.39, 0.29) is 5.41 Å². The van der Waals surface area contributed by atoms with Crippen molar-refractivity contribution in [3.05, 3.63) is 131 Å². The van der Waals surface area contributed by atoms with Gasteiger partial charge in [0.15, 0.2) is 5.60 Å². The number of fused-ring (bicyclic) bond motifs is 8. The minimum Gasteiger partial charge on any atom is -0.497 e. The Balaban J connectivity index is 1.34. The standard InChI is InChI=1S/C39H38O5Si/c1-5-42-45-43-25-24-41-29-20-16-27(17-21-29)39(26-14-18-28(40-4)19-15-26)23-22-33-36-35(30-10-6-7-11-31(30)37(33)44-39)32-12-8-9-13-34(32)38(36,2)3/h6-23H,5,24-25,45H2,1-4H3. The van der Waals surface area contributed by atoms with Crippen molar-refractivity contribution in [2.45, 2.75) is 31.8 Å². The van der Waals surface area contributed by atoms with Gasteiger partial charge in [-0.2, -0.15) is 0 Å². The van der Waals surface area contributed by atoms with Gasteiger partial charge in [0.05, 0.1) is 13.7 Å². The van der Waals surface area contributed by atoms with E-state index in [9.17, 15) is 0 Å². The third-order valence-electron chi connectivity index (χ3n) is 9.12. The molecule has 5 aromatic rings. The number of rotatable bonds is 10. The van der Waals surface area contributed by atoms with Crippen LogP contribution in [0, 0.1) is 0 Å². The summed E-state index contributed by atoms with van der Waals surface area (Å²) >= 11 is 0. The van der Waals surface area contributed by atoms with Gasteiger partial charge in [0.1, 0.15) is 23.9 Å². The molecule has 5 nitrogen and oxygen atoms in total. The molecule has 1 aliphatic heterocycles. The maximum absolute atomic E-state index is 7.37. The van der Waals surface area contributed by atoms with Crippen LogP contribution in [-0.2, 0) is 19.9 Å². The quantitative estimate of drug-likeness (QED) is 0.118. The zero-order valence-corrected chi connectivity index (χ0v) is 27.7. The van der Waals surface area contributed by atoms with Crippen molar-refractivity contribution in [3.8, 4) is 28.4 Å². The summed E-state index contributed by atoms with van der Waals surface area (Å²) in [6.07, 6.45) is 4.50. The van der Waals surface area contributed by atoms with Gasteiger partial charge in [0.25, 0.3) is 0 Å². The Morgan fingerprint density at radius 1 is 0.733 bits per heavy atom. The topological polar surface area (TPSA) is 46.2 Å². The van der Waals surface area contributed by atoms with Crippen LogP contribution in [0.1, 0.15) is 48.6 Å². The van der Waals surface area contributed by atoms with Crippen LogP contribution in [0.15, 0.2) is 103 Å². The molecule has 0 saturated heterocycles.